The van der Waals surface area contributed by atoms with Crippen molar-refractivity contribution in [2.75, 3.05) is 13.1 Å². The van der Waals surface area contributed by atoms with Gasteiger partial charge in [-0.05, 0) is 56.9 Å². The molecule has 0 aromatic rings. The third kappa shape index (κ3) is 8.84. The molecule has 0 aliphatic rings. The number of rotatable bonds is 10. The maximum absolute atomic E-state index is 3.71. The van der Waals surface area contributed by atoms with Gasteiger partial charge in [0.15, 0.2) is 0 Å². The Morgan fingerprint density at radius 1 is 1.00 bits per heavy atom. The van der Waals surface area contributed by atoms with Gasteiger partial charge in [-0.1, -0.05) is 60.3 Å². The maximum Gasteiger partial charge on any atom is 0.0263 e. The maximum atomic E-state index is 3.71. The van der Waals surface area contributed by atoms with Crippen LogP contribution in [0.3, 0.4) is 0 Å². The molecule has 22 heavy (non-hydrogen) atoms. The highest BCUT2D eigenvalue weighted by Crippen LogP contribution is 2.34. The van der Waals surface area contributed by atoms with Gasteiger partial charge in [0.25, 0.3) is 0 Å². The van der Waals surface area contributed by atoms with Crippen molar-refractivity contribution in [3.63, 3.8) is 0 Å². The Bertz CT molecular complexity index is 363. The van der Waals surface area contributed by atoms with Crippen molar-refractivity contribution in [1.82, 2.24) is 5.32 Å². The molecule has 0 heterocycles. The molecule has 1 atom stereocenters. The van der Waals surface area contributed by atoms with Crippen LogP contribution in [0, 0.1) is 34.0 Å². The fourth-order valence-electron chi connectivity index (χ4n) is 3.75. The largest absolute Gasteiger partial charge is 0.316 e. The van der Waals surface area contributed by atoms with Crippen LogP contribution >= 0.6 is 0 Å². The zero-order valence-electron chi connectivity index (χ0n) is 16.8. The Labute approximate surface area is 141 Å². The Morgan fingerprint density at radius 3 is 2.00 bits per heavy atom. The highest BCUT2D eigenvalue weighted by atomic mass is 14.9. The van der Waals surface area contributed by atoms with Gasteiger partial charge < -0.3 is 5.32 Å². The van der Waals surface area contributed by atoms with Gasteiger partial charge in [0.2, 0.25) is 0 Å². The standard InChI is InChI=1S/C21H41N/c1-10-13-19(5,6)16-20(7,8)17-22-15-18(4)14-21(9,11-2)12-3/h18,22H,11-12,14-17H2,1-9H3. The van der Waals surface area contributed by atoms with Crippen molar-refractivity contribution in [3.8, 4) is 11.8 Å². The van der Waals surface area contributed by atoms with E-state index in [0.29, 0.717) is 5.41 Å². The Balaban J connectivity index is 4.30. The second-order valence-corrected chi connectivity index (χ2v) is 9.06. The summed E-state index contributed by atoms with van der Waals surface area (Å²) in [5.74, 6) is 7.16. The quantitative estimate of drug-likeness (QED) is 0.496. The highest BCUT2D eigenvalue weighted by Gasteiger charge is 2.28. The molecule has 0 saturated carbocycles. The lowest BCUT2D eigenvalue weighted by Gasteiger charge is -2.33. The third-order valence-corrected chi connectivity index (χ3v) is 5.03. The molecule has 1 unspecified atom stereocenters. The van der Waals surface area contributed by atoms with E-state index in [1.54, 1.807) is 0 Å². The average molecular weight is 308 g/mol. The van der Waals surface area contributed by atoms with Crippen LogP contribution < -0.4 is 5.32 Å². The van der Waals surface area contributed by atoms with E-state index in [4.69, 9.17) is 0 Å². The third-order valence-electron chi connectivity index (χ3n) is 5.03. The van der Waals surface area contributed by atoms with Crippen LogP contribution in [-0.2, 0) is 0 Å². The monoisotopic (exact) mass is 307 g/mol. The van der Waals surface area contributed by atoms with E-state index in [2.05, 4.69) is 72.5 Å². The number of hydrogen-bond donors (Lipinski definition) is 1. The van der Waals surface area contributed by atoms with E-state index in [-0.39, 0.29) is 10.8 Å². The summed E-state index contributed by atoms with van der Waals surface area (Å²) >= 11 is 0. The van der Waals surface area contributed by atoms with Crippen molar-refractivity contribution in [1.29, 1.82) is 0 Å². The van der Waals surface area contributed by atoms with Crippen LogP contribution in [0.5, 0.6) is 0 Å². The van der Waals surface area contributed by atoms with Gasteiger partial charge >= 0.3 is 0 Å². The van der Waals surface area contributed by atoms with E-state index in [1.807, 2.05) is 6.92 Å². The molecule has 0 aromatic carbocycles. The first-order valence-corrected chi connectivity index (χ1v) is 9.14. The molecule has 0 spiro atoms. The molecule has 0 bridgehead atoms. The van der Waals surface area contributed by atoms with Crippen LogP contribution in [0.2, 0.25) is 0 Å². The van der Waals surface area contributed by atoms with E-state index < -0.39 is 0 Å². The van der Waals surface area contributed by atoms with Crippen LogP contribution in [0.1, 0.15) is 88.0 Å². The van der Waals surface area contributed by atoms with Crippen LogP contribution in [0.15, 0.2) is 0 Å². The predicted molar refractivity (Wildman–Crippen MR) is 101 cm³/mol. The van der Waals surface area contributed by atoms with Crippen LogP contribution in [-0.4, -0.2) is 13.1 Å². The molecular weight excluding hydrogens is 266 g/mol. The smallest absolute Gasteiger partial charge is 0.0263 e. The topological polar surface area (TPSA) is 12.0 Å². The van der Waals surface area contributed by atoms with Crippen molar-refractivity contribution in [2.24, 2.45) is 22.2 Å². The lowest BCUT2D eigenvalue weighted by Crippen LogP contribution is -2.36. The minimum Gasteiger partial charge on any atom is -0.316 e. The Kier molecular flexibility index (Phi) is 8.78. The molecule has 0 fully saturated rings. The molecule has 1 N–H and O–H groups in total. The van der Waals surface area contributed by atoms with Gasteiger partial charge in [-0.25, -0.2) is 0 Å². The van der Waals surface area contributed by atoms with Gasteiger partial charge in [-0.3, -0.25) is 0 Å². The summed E-state index contributed by atoms with van der Waals surface area (Å²) in [6.45, 7) is 22.8. The fraction of sp³-hybridized carbons (Fsp3) is 0.905. The van der Waals surface area contributed by atoms with E-state index in [1.165, 1.54) is 19.3 Å². The van der Waals surface area contributed by atoms with E-state index in [0.717, 1.165) is 25.4 Å². The zero-order chi connectivity index (χ0) is 17.4. The highest BCUT2D eigenvalue weighted by molar-refractivity contribution is 5.08. The summed E-state index contributed by atoms with van der Waals surface area (Å²) in [4.78, 5) is 0. The molecule has 0 aromatic heterocycles. The molecule has 130 valence electrons. The lowest BCUT2D eigenvalue weighted by molar-refractivity contribution is 0.207. The van der Waals surface area contributed by atoms with Gasteiger partial charge in [0.1, 0.15) is 0 Å². The lowest BCUT2D eigenvalue weighted by atomic mass is 9.75. The van der Waals surface area contributed by atoms with Crippen LogP contribution in [0.25, 0.3) is 0 Å². The molecule has 0 aliphatic carbocycles. The van der Waals surface area contributed by atoms with Gasteiger partial charge in [-0.15, -0.1) is 5.92 Å². The Morgan fingerprint density at radius 2 is 1.55 bits per heavy atom. The van der Waals surface area contributed by atoms with Crippen molar-refractivity contribution in [3.05, 3.63) is 0 Å². The normalized spacial score (nSPS) is 14.4. The summed E-state index contributed by atoms with van der Waals surface area (Å²) < 4.78 is 0. The molecule has 1 heteroatoms. The molecular formula is C21H41N. The number of nitrogens with one attached hydrogen (secondary N) is 1. The second kappa shape index (κ2) is 8.97. The number of hydrogen-bond acceptors (Lipinski definition) is 1. The molecule has 0 aliphatic heterocycles. The average Bonchev–Trinajstić information content (AvgIpc) is 2.36. The van der Waals surface area contributed by atoms with Gasteiger partial charge in [-0.2, -0.15) is 0 Å². The zero-order valence-corrected chi connectivity index (χ0v) is 16.8. The first kappa shape index (κ1) is 21.5. The van der Waals surface area contributed by atoms with E-state index >= 15 is 0 Å². The van der Waals surface area contributed by atoms with Crippen molar-refractivity contribution in [2.45, 2.75) is 88.0 Å². The summed E-state index contributed by atoms with van der Waals surface area (Å²) in [6, 6.07) is 0. The van der Waals surface area contributed by atoms with Crippen LogP contribution in [0.4, 0.5) is 0 Å². The molecule has 0 amide bonds. The molecule has 0 rings (SSSR count). The molecule has 0 radical (unpaired) electrons. The molecule has 0 saturated heterocycles. The minimum atomic E-state index is 0.106. The van der Waals surface area contributed by atoms with E-state index in [9.17, 15) is 0 Å². The summed E-state index contributed by atoms with van der Waals surface area (Å²) in [5, 5.41) is 3.71. The van der Waals surface area contributed by atoms with Crippen molar-refractivity contribution >= 4 is 0 Å². The van der Waals surface area contributed by atoms with Gasteiger partial charge in [0, 0.05) is 12.0 Å². The summed E-state index contributed by atoms with van der Waals surface area (Å²) in [7, 11) is 0. The molecule has 1 nitrogen and oxygen atoms in total. The first-order chi connectivity index (χ1) is 9.99. The Hall–Kier alpha value is -0.480. The first-order valence-electron chi connectivity index (χ1n) is 9.14. The fourth-order valence-corrected chi connectivity index (χ4v) is 3.75. The summed E-state index contributed by atoms with van der Waals surface area (Å²) in [5.41, 5.74) is 0.899. The summed E-state index contributed by atoms with van der Waals surface area (Å²) in [6.07, 6.45) is 5.01. The second-order valence-electron chi connectivity index (χ2n) is 9.06. The SMILES string of the molecule is CC#CC(C)(C)CC(C)(C)CNCC(C)CC(C)(CC)CC. The van der Waals surface area contributed by atoms with Gasteiger partial charge in [0.05, 0.1) is 0 Å². The predicted octanol–water partition coefficient (Wildman–Crippen LogP) is 5.89. The van der Waals surface area contributed by atoms with Crippen molar-refractivity contribution < 1.29 is 0 Å². The minimum absolute atomic E-state index is 0.106.